The molecule has 0 aromatic heterocycles. The van der Waals surface area contributed by atoms with E-state index >= 15 is 0 Å². The van der Waals surface area contributed by atoms with E-state index in [1.165, 1.54) is 6.07 Å². The maximum absolute atomic E-state index is 11.9. The molecule has 0 N–H and O–H groups in total. The van der Waals surface area contributed by atoms with Gasteiger partial charge in [0, 0.05) is 12.5 Å². The zero-order chi connectivity index (χ0) is 19.9. The predicted octanol–water partition coefficient (Wildman–Crippen LogP) is 3.98. The summed E-state index contributed by atoms with van der Waals surface area (Å²) in [6, 6.07) is 14.1. The van der Waals surface area contributed by atoms with Crippen LogP contribution in [0.2, 0.25) is 0 Å². The molecule has 7 heteroatoms. The summed E-state index contributed by atoms with van der Waals surface area (Å²) >= 11 is 0. The highest BCUT2D eigenvalue weighted by Crippen LogP contribution is 2.25. The van der Waals surface area contributed by atoms with E-state index < -0.39 is 4.92 Å². The molecule has 7 nitrogen and oxygen atoms in total. The quantitative estimate of drug-likeness (QED) is 0.213. The van der Waals surface area contributed by atoms with Crippen LogP contribution in [-0.4, -0.2) is 45.2 Å². The largest absolute Gasteiger partial charge is 0.487 e. The highest BCUT2D eigenvalue weighted by molar-refractivity contribution is 5.72. The summed E-state index contributed by atoms with van der Waals surface area (Å²) in [4.78, 5) is 22.3. The van der Waals surface area contributed by atoms with Crippen LogP contribution in [0.5, 0.6) is 5.75 Å². The Morgan fingerprint density at radius 2 is 1.68 bits per heavy atom. The number of quaternary nitrogens is 1. The number of hydrogen-bond acceptors (Lipinski definition) is 5. The first-order valence-electron chi connectivity index (χ1n) is 8.70. The molecule has 28 heavy (non-hydrogen) atoms. The lowest BCUT2D eigenvalue weighted by Crippen LogP contribution is -2.34. The highest BCUT2D eigenvalue weighted by Gasteiger charge is 2.14. The number of rotatable bonds is 9. The van der Waals surface area contributed by atoms with Crippen LogP contribution >= 0.6 is 0 Å². The first-order valence-corrected chi connectivity index (χ1v) is 8.70. The molecule has 0 radical (unpaired) electrons. The molecule has 0 aliphatic carbocycles. The molecule has 152 valence electrons. The van der Waals surface area contributed by atoms with Crippen molar-refractivity contribution in [3.8, 4) is 5.75 Å². The number of benzene rings is 2. The van der Waals surface area contributed by atoms with E-state index in [0.717, 1.165) is 11.3 Å². The van der Waals surface area contributed by atoms with E-state index in [4.69, 9.17) is 9.47 Å². The molecule has 0 heterocycles. The van der Waals surface area contributed by atoms with E-state index in [2.05, 4.69) is 21.1 Å². The summed E-state index contributed by atoms with van der Waals surface area (Å²) in [5, 5.41) is 10.9. The number of esters is 1. The SMILES string of the molecule is C.C[N+](C)(C)c1ccc(CC(=O)OCCCOc2ccccc2[N+](=O)[O-])cc1. The maximum Gasteiger partial charge on any atom is 0.310 e. The number of carbonyl (C=O) groups is 1. The summed E-state index contributed by atoms with van der Waals surface area (Å²) in [6.45, 7) is 0.437. The Morgan fingerprint density at radius 1 is 1.04 bits per heavy atom. The standard InChI is InChI=1S/C20H25N2O5.CH4/c1-22(2,3)17-11-9-16(10-12-17)15-20(23)27-14-6-13-26-19-8-5-4-7-18(19)21(24)25;/h4-5,7-12H,6,13-15H2,1-3H3;1H4/q+1;. The fraction of sp³-hybridized carbons (Fsp3) is 0.381. The van der Waals surface area contributed by atoms with Crippen molar-refractivity contribution in [3.05, 3.63) is 64.2 Å². The van der Waals surface area contributed by atoms with Crippen molar-refractivity contribution in [1.29, 1.82) is 0 Å². The molecule has 0 fully saturated rings. The van der Waals surface area contributed by atoms with Gasteiger partial charge in [-0.05, 0) is 23.8 Å². The lowest BCUT2D eigenvalue weighted by Gasteiger charge is -2.23. The molecule has 2 aromatic rings. The van der Waals surface area contributed by atoms with E-state index in [0.29, 0.717) is 10.9 Å². The minimum absolute atomic E-state index is 0. The van der Waals surface area contributed by atoms with Crippen LogP contribution in [0.15, 0.2) is 48.5 Å². The van der Waals surface area contributed by atoms with E-state index in [1.54, 1.807) is 18.2 Å². The van der Waals surface area contributed by atoms with E-state index in [-0.39, 0.29) is 44.5 Å². The molecule has 0 amide bonds. The van der Waals surface area contributed by atoms with Crippen LogP contribution in [-0.2, 0) is 16.0 Å². The average Bonchev–Trinajstić information content (AvgIpc) is 2.61. The van der Waals surface area contributed by atoms with Gasteiger partial charge >= 0.3 is 11.7 Å². The summed E-state index contributed by atoms with van der Waals surface area (Å²) in [7, 11) is 6.24. The number of carbonyl (C=O) groups excluding carboxylic acids is 1. The first-order chi connectivity index (χ1) is 12.8. The minimum Gasteiger partial charge on any atom is -0.487 e. The molecule has 0 aliphatic rings. The summed E-state index contributed by atoms with van der Waals surface area (Å²) in [6.07, 6.45) is 0.667. The molecule has 2 aromatic carbocycles. The fourth-order valence-electron chi connectivity index (χ4n) is 2.44. The topological polar surface area (TPSA) is 78.7 Å². The summed E-state index contributed by atoms with van der Waals surface area (Å²) in [5.41, 5.74) is 1.97. The highest BCUT2D eigenvalue weighted by atomic mass is 16.6. The molecule has 0 saturated heterocycles. The zero-order valence-electron chi connectivity index (χ0n) is 15.9. The number of nitro benzene ring substituents is 1. The predicted molar refractivity (Wildman–Crippen MR) is 111 cm³/mol. The molecule has 0 unspecified atom stereocenters. The van der Waals surface area contributed by atoms with Gasteiger partial charge in [0.2, 0.25) is 0 Å². The van der Waals surface area contributed by atoms with Crippen LogP contribution in [0.25, 0.3) is 0 Å². The first kappa shape index (κ1) is 23.1. The van der Waals surface area contributed by atoms with Crippen LogP contribution in [0.1, 0.15) is 19.4 Å². The van der Waals surface area contributed by atoms with Gasteiger partial charge in [0.15, 0.2) is 5.75 Å². The van der Waals surface area contributed by atoms with Gasteiger partial charge in [-0.15, -0.1) is 0 Å². The maximum atomic E-state index is 11.9. The van der Waals surface area contributed by atoms with Gasteiger partial charge in [-0.1, -0.05) is 31.7 Å². The van der Waals surface area contributed by atoms with Crippen LogP contribution < -0.4 is 9.22 Å². The summed E-state index contributed by atoms with van der Waals surface area (Å²) < 4.78 is 11.3. The Labute approximate surface area is 166 Å². The molecule has 0 bridgehead atoms. The second-order valence-corrected chi connectivity index (χ2v) is 7.00. The van der Waals surface area contributed by atoms with Gasteiger partial charge in [-0.2, -0.15) is 0 Å². The molecule has 0 aliphatic heterocycles. The molecular weight excluding hydrogens is 360 g/mol. The Morgan fingerprint density at radius 3 is 2.29 bits per heavy atom. The number of para-hydroxylation sites is 2. The van der Waals surface area contributed by atoms with Crippen molar-refractivity contribution in [2.45, 2.75) is 20.3 Å². The lowest BCUT2D eigenvalue weighted by atomic mass is 10.1. The van der Waals surface area contributed by atoms with Gasteiger partial charge in [-0.3, -0.25) is 19.4 Å². The third-order valence-corrected chi connectivity index (χ3v) is 3.93. The van der Waals surface area contributed by atoms with Crippen molar-refractivity contribution in [2.75, 3.05) is 34.4 Å². The number of nitro groups is 1. The van der Waals surface area contributed by atoms with Gasteiger partial charge < -0.3 is 9.47 Å². The zero-order valence-corrected chi connectivity index (χ0v) is 15.9. The van der Waals surface area contributed by atoms with Gasteiger partial charge in [0.1, 0.15) is 5.69 Å². The van der Waals surface area contributed by atoms with Gasteiger partial charge in [0.05, 0.1) is 45.7 Å². The van der Waals surface area contributed by atoms with E-state index in [1.807, 2.05) is 24.3 Å². The Balaban J connectivity index is 0.00000392. The summed E-state index contributed by atoms with van der Waals surface area (Å²) in [5.74, 6) is -0.0927. The minimum atomic E-state index is -0.487. The van der Waals surface area contributed by atoms with Crippen molar-refractivity contribution in [3.63, 3.8) is 0 Å². The van der Waals surface area contributed by atoms with Crippen molar-refractivity contribution >= 4 is 17.3 Å². The third kappa shape index (κ3) is 7.00. The Kier molecular flexibility index (Phi) is 8.60. The van der Waals surface area contributed by atoms with Crippen LogP contribution in [0.4, 0.5) is 11.4 Å². The molecule has 0 saturated carbocycles. The molecule has 0 spiro atoms. The Bertz CT molecular complexity index is 782. The fourth-order valence-corrected chi connectivity index (χ4v) is 2.44. The lowest BCUT2D eigenvalue weighted by molar-refractivity contribution is -0.385. The molecule has 0 atom stereocenters. The normalized spacial score (nSPS) is 10.7. The van der Waals surface area contributed by atoms with Crippen LogP contribution in [0.3, 0.4) is 0 Å². The van der Waals surface area contributed by atoms with E-state index in [9.17, 15) is 14.9 Å². The smallest absolute Gasteiger partial charge is 0.310 e. The van der Waals surface area contributed by atoms with Crippen molar-refractivity contribution < 1.29 is 19.2 Å². The third-order valence-electron chi connectivity index (χ3n) is 3.93. The number of ether oxygens (including phenoxy) is 2. The second-order valence-electron chi connectivity index (χ2n) is 7.00. The second kappa shape index (κ2) is 10.4. The Hall–Kier alpha value is -2.93. The number of nitrogens with zero attached hydrogens (tertiary/aromatic N) is 2. The average molecular weight is 389 g/mol. The molecule has 2 rings (SSSR count). The molecular formula is C21H29N2O5+. The number of hydrogen-bond donors (Lipinski definition) is 0. The van der Waals surface area contributed by atoms with Gasteiger partial charge in [0.25, 0.3) is 0 Å². The van der Waals surface area contributed by atoms with Gasteiger partial charge in [-0.25, -0.2) is 0 Å². The van der Waals surface area contributed by atoms with Crippen molar-refractivity contribution in [1.82, 2.24) is 4.48 Å². The van der Waals surface area contributed by atoms with Crippen molar-refractivity contribution in [2.24, 2.45) is 0 Å². The monoisotopic (exact) mass is 389 g/mol. The van der Waals surface area contributed by atoms with Crippen LogP contribution in [0, 0.1) is 10.1 Å².